The first-order chi connectivity index (χ1) is 28.7. The van der Waals surface area contributed by atoms with E-state index in [4.69, 9.17) is 26.3 Å². The fourth-order valence-electron chi connectivity index (χ4n) is 7.84. The van der Waals surface area contributed by atoms with Crippen LogP contribution < -0.4 is 4.74 Å². The summed E-state index contributed by atoms with van der Waals surface area (Å²) < 4.78 is 6.23. The molecule has 0 spiro atoms. The molecule has 6 heteroatoms. The Labute approximate surface area is 341 Å². The van der Waals surface area contributed by atoms with E-state index in [1.165, 1.54) is 0 Å². The molecule has 2 aliphatic rings. The average molecular weight is 769 g/mol. The zero-order valence-electron chi connectivity index (χ0n) is 31.5. The Kier molecular flexibility index (Phi) is 9.34. The van der Waals surface area contributed by atoms with Crippen LogP contribution in [0.2, 0.25) is 0 Å². The van der Waals surface area contributed by atoms with Crippen LogP contribution in [0.25, 0.3) is 90.9 Å². The summed E-state index contributed by atoms with van der Waals surface area (Å²) in [6.45, 7) is 0.463. The van der Waals surface area contributed by atoms with Gasteiger partial charge in [-0.1, -0.05) is 127 Å². The van der Waals surface area contributed by atoms with E-state index in [-0.39, 0.29) is 0 Å². The molecule has 58 heavy (non-hydrogen) atoms. The van der Waals surface area contributed by atoms with Crippen LogP contribution in [0.4, 0.5) is 0 Å². The molecule has 0 atom stereocenters. The molecule has 5 aromatic carbocycles. The molecule has 0 fully saturated rings. The number of alkyl halides is 1. The molecule has 2 aliphatic heterocycles. The standard InChI is InChI=1S/C52H37ClN4O/c53-32-34-16-18-35(19-17-34)33-58-40-22-20-39(21-23-40)52-47-30-28-45(56-47)50(37-12-6-2-7-13-37)43-26-24-41(54-43)49(36-10-4-1-5-11-36)42-25-27-44(55-42)51(38-14-8-3-9-15-38)46-29-31-48(52)57-46/h1-31,54,57H,32-33H2. The largest absolute Gasteiger partial charge is 0.489 e. The van der Waals surface area contributed by atoms with Crippen molar-refractivity contribution < 1.29 is 4.74 Å². The van der Waals surface area contributed by atoms with E-state index in [1.54, 1.807) is 0 Å². The molecule has 0 unspecified atom stereocenters. The number of hydrogen-bond donors (Lipinski definition) is 2. The molecule has 0 saturated heterocycles. The fraction of sp³-hybridized carbons (Fsp3) is 0.0385. The van der Waals surface area contributed by atoms with E-state index in [9.17, 15) is 0 Å². The number of H-pyrrole nitrogens is 2. The molecule has 3 aromatic heterocycles. The molecule has 10 rings (SSSR count). The molecular formula is C52H37ClN4O. The van der Waals surface area contributed by atoms with Crippen LogP contribution in [-0.2, 0) is 12.5 Å². The second-order valence-electron chi connectivity index (χ2n) is 14.4. The lowest BCUT2D eigenvalue weighted by atomic mass is 10.0. The van der Waals surface area contributed by atoms with Crippen molar-refractivity contribution >= 4 is 58.0 Å². The Hall–Kier alpha value is -7.21. The molecule has 278 valence electrons. The first kappa shape index (κ1) is 35.2. The third kappa shape index (κ3) is 6.82. The van der Waals surface area contributed by atoms with Crippen LogP contribution in [0.3, 0.4) is 0 Å². The average Bonchev–Trinajstić information content (AvgIpc) is 4.13. The zero-order chi connectivity index (χ0) is 38.8. The van der Waals surface area contributed by atoms with Gasteiger partial charge in [0.25, 0.3) is 0 Å². The summed E-state index contributed by atoms with van der Waals surface area (Å²) >= 11 is 6.00. The van der Waals surface area contributed by atoms with Gasteiger partial charge in [-0.3, -0.25) is 0 Å². The van der Waals surface area contributed by atoms with Crippen LogP contribution in [0.1, 0.15) is 33.9 Å². The Morgan fingerprint density at radius 1 is 0.379 bits per heavy atom. The quantitative estimate of drug-likeness (QED) is 0.151. The number of hydrogen-bond acceptors (Lipinski definition) is 3. The van der Waals surface area contributed by atoms with Gasteiger partial charge in [0.05, 0.1) is 22.8 Å². The molecule has 0 amide bonds. The summed E-state index contributed by atoms with van der Waals surface area (Å²) in [6, 6.07) is 56.5. The van der Waals surface area contributed by atoms with Crippen molar-refractivity contribution in [2.45, 2.75) is 12.5 Å². The maximum atomic E-state index is 6.23. The first-order valence-corrected chi connectivity index (χ1v) is 19.9. The van der Waals surface area contributed by atoms with Gasteiger partial charge in [-0.15, -0.1) is 11.6 Å². The van der Waals surface area contributed by atoms with E-state index in [2.05, 4.69) is 156 Å². The highest BCUT2D eigenvalue weighted by molar-refractivity contribution is 6.17. The van der Waals surface area contributed by atoms with Crippen molar-refractivity contribution in [2.75, 3.05) is 0 Å². The number of ether oxygens (including phenoxy) is 1. The first-order valence-electron chi connectivity index (χ1n) is 19.4. The summed E-state index contributed by atoms with van der Waals surface area (Å²) in [5.41, 5.74) is 17.8. The maximum Gasteiger partial charge on any atom is 0.119 e. The zero-order valence-corrected chi connectivity index (χ0v) is 32.2. The van der Waals surface area contributed by atoms with Gasteiger partial charge in [-0.25, -0.2) is 9.97 Å². The van der Waals surface area contributed by atoms with Gasteiger partial charge >= 0.3 is 0 Å². The van der Waals surface area contributed by atoms with Crippen LogP contribution in [0.5, 0.6) is 5.75 Å². The molecule has 8 bridgehead atoms. The number of benzene rings is 5. The Morgan fingerprint density at radius 2 is 0.724 bits per heavy atom. The number of nitrogens with zero attached hydrogens (tertiary/aromatic N) is 2. The van der Waals surface area contributed by atoms with Crippen LogP contribution in [0.15, 0.2) is 164 Å². The number of halogens is 1. The second kappa shape index (κ2) is 15.4. The van der Waals surface area contributed by atoms with Crippen molar-refractivity contribution in [3.05, 3.63) is 198 Å². The smallest absolute Gasteiger partial charge is 0.119 e. The minimum Gasteiger partial charge on any atom is -0.489 e. The highest BCUT2D eigenvalue weighted by atomic mass is 35.5. The molecule has 5 nitrogen and oxygen atoms in total. The van der Waals surface area contributed by atoms with Gasteiger partial charge in [-0.05, 0) is 94.1 Å². The highest BCUT2D eigenvalue weighted by Crippen LogP contribution is 2.38. The predicted molar refractivity (Wildman–Crippen MR) is 241 cm³/mol. The van der Waals surface area contributed by atoms with E-state index in [0.29, 0.717) is 12.5 Å². The summed E-state index contributed by atoms with van der Waals surface area (Å²) in [5, 5.41) is 0. The van der Waals surface area contributed by atoms with Crippen LogP contribution in [0, 0.1) is 0 Å². The van der Waals surface area contributed by atoms with Crippen molar-refractivity contribution in [3.8, 4) is 50.3 Å². The van der Waals surface area contributed by atoms with E-state index in [0.717, 1.165) is 106 Å². The van der Waals surface area contributed by atoms with Gasteiger partial charge in [0.2, 0.25) is 0 Å². The predicted octanol–water partition coefficient (Wildman–Crippen LogP) is 13.6. The van der Waals surface area contributed by atoms with E-state index < -0.39 is 0 Å². The van der Waals surface area contributed by atoms with Gasteiger partial charge < -0.3 is 14.7 Å². The second-order valence-corrected chi connectivity index (χ2v) is 14.6. The lowest BCUT2D eigenvalue weighted by Crippen LogP contribution is -1.95. The van der Waals surface area contributed by atoms with Gasteiger partial charge in [0, 0.05) is 50.2 Å². The summed E-state index contributed by atoms with van der Waals surface area (Å²) in [7, 11) is 0. The number of fused-ring (bicyclic) bond motifs is 8. The van der Waals surface area contributed by atoms with Crippen LogP contribution >= 0.6 is 11.6 Å². The van der Waals surface area contributed by atoms with Crippen LogP contribution in [-0.4, -0.2) is 19.9 Å². The van der Waals surface area contributed by atoms with E-state index >= 15 is 0 Å². The molecular weight excluding hydrogens is 732 g/mol. The van der Waals surface area contributed by atoms with Gasteiger partial charge in [-0.2, -0.15) is 0 Å². The minimum absolute atomic E-state index is 0.463. The summed E-state index contributed by atoms with van der Waals surface area (Å²) in [5.74, 6) is 1.28. The van der Waals surface area contributed by atoms with Crippen molar-refractivity contribution in [2.24, 2.45) is 0 Å². The number of aromatic nitrogens is 4. The third-order valence-corrected chi connectivity index (χ3v) is 11.0. The lowest BCUT2D eigenvalue weighted by molar-refractivity contribution is 0.306. The molecule has 0 saturated carbocycles. The number of aromatic amines is 2. The molecule has 0 radical (unpaired) electrons. The lowest BCUT2D eigenvalue weighted by Gasteiger charge is -2.09. The topological polar surface area (TPSA) is 66.6 Å². The summed E-state index contributed by atoms with van der Waals surface area (Å²) in [4.78, 5) is 18.5. The van der Waals surface area contributed by atoms with E-state index in [1.807, 2.05) is 42.5 Å². The minimum atomic E-state index is 0.463. The molecule has 8 aromatic rings. The number of nitrogens with one attached hydrogen (secondary N) is 2. The van der Waals surface area contributed by atoms with Crippen molar-refractivity contribution in [3.63, 3.8) is 0 Å². The normalized spacial score (nSPS) is 11.9. The monoisotopic (exact) mass is 768 g/mol. The maximum absolute atomic E-state index is 6.23. The van der Waals surface area contributed by atoms with Crippen molar-refractivity contribution in [1.29, 1.82) is 0 Å². The third-order valence-electron chi connectivity index (χ3n) is 10.7. The SMILES string of the molecule is ClCc1ccc(COc2ccc(-c3c4nc(c(-c5ccccc5)c5ccc([nH]5)c(-c5ccccc5)c5nc(c(-c6ccccc6)c6ccc3[nH]6)C=C5)C=C4)cc2)cc1. The Balaban J connectivity index is 1.23. The molecule has 0 aliphatic carbocycles. The molecule has 5 heterocycles. The Morgan fingerprint density at radius 3 is 1.09 bits per heavy atom. The number of rotatable bonds is 8. The summed E-state index contributed by atoms with van der Waals surface area (Å²) in [6.07, 6.45) is 8.51. The Bertz CT molecular complexity index is 2960. The van der Waals surface area contributed by atoms with Gasteiger partial charge in [0.1, 0.15) is 12.4 Å². The fourth-order valence-corrected chi connectivity index (χ4v) is 8.02. The van der Waals surface area contributed by atoms with Crippen molar-refractivity contribution in [1.82, 2.24) is 19.9 Å². The van der Waals surface area contributed by atoms with Gasteiger partial charge in [0.15, 0.2) is 0 Å². The molecule has 2 N–H and O–H groups in total. The highest BCUT2D eigenvalue weighted by Gasteiger charge is 2.19.